The van der Waals surface area contributed by atoms with E-state index in [1.165, 1.54) is 0 Å². The number of halogens is 1. The van der Waals surface area contributed by atoms with Gasteiger partial charge in [-0.05, 0) is 19.3 Å². The zero-order valence-electron chi connectivity index (χ0n) is 7.46. The Morgan fingerprint density at radius 1 is 1.36 bits per heavy atom. The van der Waals surface area contributed by atoms with Crippen molar-refractivity contribution in [3.63, 3.8) is 0 Å². The van der Waals surface area contributed by atoms with Crippen LogP contribution >= 0.6 is 12.4 Å². The lowest BCUT2D eigenvalue weighted by atomic mass is 10.0. The van der Waals surface area contributed by atoms with Gasteiger partial charge in [0, 0.05) is 6.42 Å². The van der Waals surface area contributed by atoms with Gasteiger partial charge in [0.1, 0.15) is 5.78 Å². The van der Waals surface area contributed by atoms with Gasteiger partial charge in [-0.15, -0.1) is 12.4 Å². The molecule has 0 aliphatic heterocycles. The highest BCUT2D eigenvalue weighted by molar-refractivity contribution is 5.85. The fourth-order valence-corrected chi connectivity index (χ4v) is 0.659. The first-order valence-electron chi connectivity index (χ1n) is 3.82. The molecule has 3 heteroatoms. The van der Waals surface area contributed by atoms with Crippen LogP contribution in [0.3, 0.4) is 0 Å². The Bertz CT molecular complexity index is 113. The second-order valence-electron chi connectivity index (χ2n) is 3.19. The topological polar surface area (TPSA) is 43.1 Å². The third kappa shape index (κ3) is 7.82. The zero-order chi connectivity index (χ0) is 8.15. The van der Waals surface area contributed by atoms with Gasteiger partial charge in [-0.2, -0.15) is 0 Å². The molecule has 0 aromatic heterocycles. The van der Waals surface area contributed by atoms with Crippen LogP contribution in [-0.2, 0) is 4.79 Å². The molecule has 68 valence electrons. The molecule has 0 rings (SSSR count). The Kier molecular flexibility index (Phi) is 8.13. The van der Waals surface area contributed by atoms with E-state index in [9.17, 15) is 4.79 Å². The smallest absolute Gasteiger partial charge is 0.149 e. The van der Waals surface area contributed by atoms with Gasteiger partial charge in [-0.25, -0.2) is 0 Å². The maximum absolute atomic E-state index is 10.9. The van der Waals surface area contributed by atoms with Crippen molar-refractivity contribution in [1.29, 1.82) is 0 Å². The van der Waals surface area contributed by atoms with Crippen molar-refractivity contribution in [1.82, 2.24) is 0 Å². The highest BCUT2D eigenvalue weighted by atomic mass is 35.5. The van der Waals surface area contributed by atoms with Crippen molar-refractivity contribution in [2.45, 2.75) is 39.7 Å². The lowest BCUT2D eigenvalue weighted by molar-refractivity contribution is -0.120. The van der Waals surface area contributed by atoms with Crippen molar-refractivity contribution >= 4 is 18.2 Å². The van der Waals surface area contributed by atoms with Gasteiger partial charge < -0.3 is 5.73 Å². The molecule has 11 heavy (non-hydrogen) atoms. The summed E-state index contributed by atoms with van der Waals surface area (Å²) in [6, 6.07) is -0.279. The summed E-state index contributed by atoms with van der Waals surface area (Å²) in [7, 11) is 0. The molecule has 0 amide bonds. The molecule has 0 radical (unpaired) electrons. The minimum Gasteiger partial charge on any atom is -0.322 e. The fourth-order valence-electron chi connectivity index (χ4n) is 0.659. The summed E-state index contributed by atoms with van der Waals surface area (Å²) in [6.07, 6.45) is 1.59. The zero-order valence-corrected chi connectivity index (χ0v) is 8.28. The van der Waals surface area contributed by atoms with E-state index < -0.39 is 0 Å². The first-order chi connectivity index (χ1) is 4.54. The molecule has 0 heterocycles. The predicted octanol–water partition coefficient (Wildman–Crippen LogP) is 1.76. The van der Waals surface area contributed by atoms with Crippen LogP contribution in [0.25, 0.3) is 0 Å². The third-order valence-corrected chi connectivity index (χ3v) is 1.48. The second-order valence-corrected chi connectivity index (χ2v) is 3.19. The second kappa shape index (κ2) is 6.62. The molecule has 0 fully saturated rings. The Labute approximate surface area is 74.9 Å². The summed E-state index contributed by atoms with van der Waals surface area (Å²) in [5, 5.41) is 0. The van der Waals surface area contributed by atoms with Gasteiger partial charge in [0.2, 0.25) is 0 Å². The molecule has 0 spiro atoms. The minimum atomic E-state index is -0.279. The van der Waals surface area contributed by atoms with Crippen LogP contribution in [-0.4, -0.2) is 11.8 Å². The number of carbonyl (C=O) groups excluding carboxylic acids is 1. The van der Waals surface area contributed by atoms with Gasteiger partial charge in [0.15, 0.2) is 0 Å². The Morgan fingerprint density at radius 2 is 1.82 bits per heavy atom. The van der Waals surface area contributed by atoms with Gasteiger partial charge >= 0.3 is 0 Å². The molecule has 0 aliphatic carbocycles. The maximum atomic E-state index is 10.9. The maximum Gasteiger partial charge on any atom is 0.149 e. The van der Waals surface area contributed by atoms with E-state index in [1.54, 1.807) is 6.92 Å². The largest absolute Gasteiger partial charge is 0.322 e. The average molecular weight is 180 g/mol. The highest BCUT2D eigenvalue weighted by Gasteiger charge is 2.07. The monoisotopic (exact) mass is 179 g/mol. The first-order valence-corrected chi connectivity index (χ1v) is 3.82. The van der Waals surface area contributed by atoms with Gasteiger partial charge in [-0.3, -0.25) is 4.79 Å². The lowest BCUT2D eigenvalue weighted by Gasteiger charge is -2.05. The van der Waals surface area contributed by atoms with Crippen LogP contribution in [0.5, 0.6) is 0 Å². The molecule has 0 aromatic rings. The summed E-state index contributed by atoms with van der Waals surface area (Å²) in [5.74, 6) is 0.774. The molecular formula is C8H18ClNO. The van der Waals surface area contributed by atoms with Crippen LogP contribution in [0.1, 0.15) is 33.6 Å². The summed E-state index contributed by atoms with van der Waals surface area (Å²) >= 11 is 0. The van der Waals surface area contributed by atoms with Crippen molar-refractivity contribution in [3.8, 4) is 0 Å². The number of rotatable bonds is 4. The summed E-state index contributed by atoms with van der Waals surface area (Å²) in [6.45, 7) is 5.95. The van der Waals surface area contributed by atoms with E-state index in [-0.39, 0.29) is 24.2 Å². The first kappa shape index (κ1) is 13.5. The fraction of sp³-hybridized carbons (Fsp3) is 0.875. The van der Waals surface area contributed by atoms with E-state index in [0.717, 1.165) is 6.42 Å². The normalized spacial score (nSPS) is 12.5. The van der Waals surface area contributed by atoms with Gasteiger partial charge in [0.05, 0.1) is 6.04 Å². The molecule has 0 unspecified atom stereocenters. The van der Waals surface area contributed by atoms with Gasteiger partial charge in [0.25, 0.3) is 0 Å². The van der Waals surface area contributed by atoms with Crippen LogP contribution < -0.4 is 5.73 Å². The molecule has 0 aromatic carbocycles. The highest BCUT2D eigenvalue weighted by Crippen LogP contribution is 2.04. The molecule has 0 saturated carbocycles. The molecule has 0 saturated heterocycles. The van der Waals surface area contributed by atoms with Crippen molar-refractivity contribution in [2.24, 2.45) is 11.7 Å². The minimum absolute atomic E-state index is 0. The molecular weight excluding hydrogens is 162 g/mol. The molecule has 2 N–H and O–H groups in total. The lowest BCUT2D eigenvalue weighted by Crippen LogP contribution is -2.26. The summed E-state index contributed by atoms with van der Waals surface area (Å²) < 4.78 is 0. The van der Waals surface area contributed by atoms with Crippen LogP contribution in [0.4, 0.5) is 0 Å². The van der Waals surface area contributed by atoms with E-state index in [1.807, 2.05) is 0 Å². The van der Waals surface area contributed by atoms with Crippen LogP contribution in [0.2, 0.25) is 0 Å². The number of carbonyl (C=O) groups is 1. The van der Waals surface area contributed by atoms with Crippen molar-refractivity contribution < 1.29 is 4.79 Å². The van der Waals surface area contributed by atoms with E-state index in [4.69, 9.17) is 5.73 Å². The van der Waals surface area contributed by atoms with Gasteiger partial charge in [-0.1, -0.05) is 13.8 Å². The Hall–Kier alpha value is -0.0800. The van der Waals surface area contributed by atoms with E-state index in [2.05, 4.69) is 13.8 Å². The Balaban J connectivity index is 0. The molecule has 0 bridgehead atoms. The summed E-state index contributed by atoms with van der Waals surface area (Å²) in [5.41, 5.74) is 5.37. The van der Waals surface area contributed by atoms with Crippen LogP contribution in [0, 0.1) is 5.92 Å². The number of nitrogens with two attached hydrogens (primary N) is 1. The standard InChI is InChI=1S/C8H17NO.ClH/c1-6(2)4-5-8(10)7(3)9;/h6-7H,4-5,9H2,1-3H3;1H/t7-;/m0./s1. The van der Waals surface area contributed by atoms with Crippen molar-refractivity contribution in [2.75, 3.05) is 0 Å². The third-order valence-electron chi connectivity index (χ3n) is 1.48. The number of hydrogen-bond acceptors (Lipinski definition) is 2. The van der Waals surface area contributed by atoms with Crippen LogP contribution in [0.15, 0.2) is 0 Å². The van der Waals surface area contributed by atoms with E-state index in [0.29, 0.717) is 12.3 Å². The summed E-state index contributed by atoms with van der Waals surface area (Å²) in [4.78, 5) is 10.9. The SMILES string of the molecule is CC(C)CCC(=O)[C@H](C)N.Cl. The molecule has 0 aliphatic rings. The van der Waals surface area contributed by atoms with Crippen molar-refractivity contribution in [3.05, 3.63) is 0 Å². The van der Waals surface area contributed by atoms with E-state index >= 15 is 0 Å². The average Bonchev–Trinajstić information content (AvgIpc) is 1.82. The molecule has 2 nitrogen and oxygen atoms in total. The molecule has 1 atom stereocenters. The number of ketones is 1. The Morgan fingerprint density at radius 3 is 2.09 bits per heavy atom. The predicted molar refractivity (Wildman–Crippen MR) is 50.0 cm³/mol. The quantitative estimate of drug-likeness (QED) is 0.715. The number of hydrogen-bond donors (Lipinski definition) is 1. The number of Topliss-reactive ketones (excluding diaryl/α,β-unsaturated/α-hetero) is 1.